The Bertz CT molecular complexity index is 725. The van der Waals surface area contributed by atoms with Gasteiger partial charge in [-0.25, -0.2) is 17.9 Å². The summed E-state index contributed by atoms with van der Waals surface area (Å²) in [6, 6.07) is 5.88. The molecular formula is C19H29N3O3S. The van der Waals surface area contributed by atoms with Gasteiger partial charge in [0.25, 0.3) is 0 Å². The zero-order chi connectivity index (χ0) is 19.0. The molecule has 1 aromatic carbocycles. The van der Waals surface area contributed by atoms with Crippen molar-refractivity contribution in [2.24, 2.45) is 5.92 Å². The number of carbonyl (C=O) groups excluding carboxylic acids is 1. The summed E-state index contributed by atoms with van der Waals surface area (Å²) in [6.07, 6.45) is 7.57. The van der Waals surface area contributed by atoms with E-state index in [9.17, 15) is 13.2 Å². The van der Waals surface area contributed by atoms with E-state index in [-0.39, 0.29) is 10.9 Å². The largest absolute Gasteiger partial charge is 0.338 e. The van der Waals surface area contributed by atoms with Gasteiger partial charge in [-0.15, -0.1) is 0 Å². The van der Waals surface area contributed by atoms with E-state index in [1.165, 1.54) is 30.5 Å². The van der Waals surface area contributed by atoms with Crippen molar-refractivity contribution in [2.45, 2.75) is 50.8 Å². The van der Waals surface area contributed by atoms with Crippen LogP contribution in [0.2, 0.25) is 0 Å². The summed E-state index contributed by atoms with van der Waals surface area (Å²) in [5, 5.41) is 5.44. The van der Waals surface area contributed by atoms with Gasteiger partial charge in [0.15, 0.2) is 0 Å². The Hall–Kier alpha value is -1.86. The molecule has 3 N–H and O–H groups in total. The van der Waals surface area contributed by atoms with Crippen LogP contribution in [-0.4, -0.2) is 27.5 Å². The molecule has 1 aromatic rings. The van der Waals surface area contributed by atoms with Gasteiger partial charge < -0.3 is 10.6 Å². The number of nitrogens with one attached hydrogen (secondary N) is 3. The highest BCUT2D eigenvalue weighted by atomic mass is 32.2. The molecule has 0 unspecified atom stereocenters. The first-order valence-electron chi connectivity index (χ1n) is 9.19. The molecule has 144 valence electrons. The lowest BCUT2D eigenvalue weighted by Crippen LogP contribution is -2.31. The normalized spacial score (nSPS) is 14.8. The minimum atomic E-state index is -3.53. The quantitative estimate of drug-likeness (QED) is 0.603. The molecule has 0 saturated carbocycles. The average Bonchev–Trinajstić information content (AvgIpc) is 2.61. The second kappa shape index (κ2) is 9.73. The molecule has 7 heteroatoms. The lowest BCUT2D eigenvalue weighted by atomic mass is 9.97. The van der Waals surface area contributed by atoms with Crippen molar-refractivity contribution >= 4 is 21.7 Å². The van der Waals surface area contributed by atoms with Crippen molar-refractivity contribution in [2.75, 3.05) is 18.4 Å². The van der Waals surface area contributed by atoms with Crippen LogP contribution < -0.4 is 15.4 Å². The number of benzene rings is 1. The number of hydrogen-bond acceptors (Lipinski definition) is 3. The minimum absolute atomic E-state index is 0.197. The summed E-state index contributed by atoms with van der Waals surface area (Å²) in [7, 11) is -3.53. The Kier molecular flexibility index (Phi) is 7.66. The van der Waals surface area contributed by atoms with Gasteiger partial charge >= 0.3 is 6.03 Å². The molecule has 0 aliphatic heterocycles. The van der Waals surface area contributed by atoms with Crippen molar-refractivity contribution in [1.29, 1.82) is 0 Å². The van der Waals surface area contributed by atoms with Crippen molar-refractivity contribution in [1.82, 2.24) is 10.0 Å². The zero-order valence-electron chi connectivity index (χ0n) is 15.5. The Morgan fingerprint density at radius 1 is 1.15 bits per heavy atom. The first-order valence-corrected chi connectivity index (χ1v) is 10.7. The van der Waals surface area contributed by atoms with Crippen LogP contribution in [0.1, 0.15) is 46.0 Å². The molecule has 6 nitrogen and oxygen atoms in total. The highest BCUT2D eigenvalue weighted by molar-refractivity contribution is 7.89. The molecular weight excluding hydrogens is 350 g/mol. The van der Waals surface area contributed by atoms with E-state index in [2.05, 4.69) is 21.4 Å². The Morgan fingerprint density at radius 3 is 2.50 bits per heavy atom. The lowest BCUT2D eigenvalue weighted by molar-refractivity contribution is 0.251. The van der Waals surface area contributed by atoms with E-state index in [4.69, 9.17) is 0 Å². The second-order valence-corrected chi connectivity index (χ2v) is 8.78. The van der Waals surface area contributed by atoms with Crippen LogP contribution in [0.25, 0.3) is 0 Å². The van der Waals surface area contributed by atoms with Gasteiger partial charge in [0.1, 0.15) is 0 Å². The molecule has 0 heterocycles. The third-order valence-electron chi connectivity index (χ3n) is 4.22. The van der Waals surface area contributed by atoms with Crippen LogP contribution in [0.3, 0.4) is 0 Å². The van der Waals surface area contributed by atoms with Gasteiger partial charge in [0.05, 0.1) is 4.90 Å². The van der Waals surface area contributed by atoms with Crippen LogP contribution >= 0.6 is 0 Å². The molecule has 0 fully saturated rings. The first kappa shape index (κ1) is 20.5. The maximum absolute atomic E-state index is 12.4. The maximum Gasteiger partial charge on any atom is 0.319 e. The van der Waals surface area contributed by atoms with Crippen LogP contribution in [0.15, 0.2) is 40.8 Å². The Balaban J connectivity index is 1.85. The summed E-state index contributed by atoms with van der Waals surface area (Å²) in [4.78, 5) is 11.9. The van der Waals surface area contributed by atoms with Crippen LogP contribution in [0, 0.1) is 5.92 Å². The van der Waals surface area contributed by atoms with Crippen molar-refractivity contribution in [3.05, 3.63) is 35.9 Å². The predicted octanol–water partition coefficient (Wildman–Crippen LogP) is 3.63. The number of anilines is 1. The summed E-state index contributed by atoms with van der Waals surface area (Å²) in [5.41, 5.74) is 1.89. The van der Waals surface area contributed by atoms with E-state index in [1.54, 1.807) is 12.1 Å². The van der Waals surface area contributed by atoms with E-state index >= 15 is 0 Å². The van der Waals surface area contributed by atoms with Crippen molar-refractivity contribution < 1.29 is 13.2 Å². The number of sulfonamides is 1. The molecule has 2 amide bonds. The average molecular weight is 380 g/mol. The van der Waals surface area contributed by atoms with Gasteiger partial charge in [0.2, 0.25) is 10.0 Å². The fraction of sp³-hybridized carbons (Fsp3) is 0.526. The molecule has 26 heavy (non-hydrogen) atoms. The van der Waals surface area contributed by atoms with E-state index in [1.807, 2.05) is 13.8 Å². The van der Waals surface area contributed by atoms with Crippen LogP contribution in [0.5, 0.6) is 0 Å². The van der Waals surface area contributed by atoms with Crippen LogP contribution in [0.4, 0.5) is 10.5 Å². The summed E-state index contributed by atoms with van der Waals surface area (Å²) in [5.74, 6) is 0.365. The number of allylic oxidation sites excluding steroid dienone is 1. The lowest BCUT2D eigenvalue weighted by Gasteiger charge is -2.13. The molecule has 0 radical (unpaired) electrons. The molecule has 0 spiro atoms. The molecule has 0 aromatic heterocycles. The topological polar surface area (TPSA) is 87.3 Å². The van der Waals surface area contributed by atoms with Gasteiger partial charge in [0, 0.05) is 18.8 Å². The second-order valence-electron chi connectivity index (χ2n) is 7.01. The standard InChI is InChI=1S/C19H29N3O3S/c1-15(2)14-20-19(23)22-17-8-10-18(11-9-17)26(24,25)21-13-12-16-6-4-3-5-7-16/h6,8-11,15,21H,3-5,7,12-14H2,1-2H3,(H2,20,22,23). The number of carbonyl (C=O) groups is 1. The number of amides is 2. The van der Waals surface area contributed by atoms with Crippen molar-refractivity contribution in [3.63, 3.8) is 0 Å². The highest BCUT2D eigenvalue weighted by Crippen LogP contribution is 2.20. The number of urea groups is 1. The van der Waals surface area contributed by atoms with Gasteiger partial charge in [-0.1, -0.05) is 25.5 Å². The Labute approximate surface area is 156 Å². The highest BCUT2D eigenvalue weighted by Gasteiger charge is 2.14. The molecule has 0 bridgehead atoms. The summed E-state index contributed by atoms with van der Waals surface area (Å²) in [6.45, 7) is 5.01. The third-order valence-corrected chi connectivity index (χ3v) is 5.69. The number of hydrogen-bond donors (Lipinski definition) is 3. The molecule has 0 atom stereocenters. The smallest absolute Gasteiger partial charge is 0.319 e. The molecule has 1 aliphatic carbocycles. The fourth-order valence-corrected chi connectivity index (χ4v) is 3.78. The molecule has 1 aliphatic rings. The monoisotopic (exact) mass is 379 g/mol. The maximum atomic E-state index is 12.4. The van der Waals surface area contributed by atoms with E-state index in [0.29, 0.717) is 24.7 Å². The van der Waals surface area contributed by atoms with Gasteiger partial charge in [-0.2, -0.15) is 0 Å². The third kappa shape index (κ3) is 6.80. The fourth-order valence-electron chi connectivity index (χ4n) is 2.75. The molecule has 2 rings (SSSR count). The van der Waals surface area contributed by atoms with E-state index in [0.717, 1.165) is 19.3 Å². The Morgan fingerprint density at radius 2 is 1.88 bits per heavy atom. The van der Waals surface area contributed by atoms with Gasteiger partial charge in [-0.05, 0) is 62.3 Å². The molecule has 0 saturated heterocycles. The van der Waals surface area contributed by atoms with E-state index < -0.39 is 10.0 Å². The minimum Gasteiger partial charge on any atom is -0.338 e. The first-order chi connectivity index (χ1) is 12.4. The summed E-state index contributed by atoms with van der Waals surface area (Å²) >= 11 is 0. The predicted molar refractivity (Wildman–Crippen MR) is 105 cm³/mol. The van der Waals surface area contributed by atoms with Crippen molar-refractivity contribution in [3.8, 4) is 0 Å². The zero-order valence-corrected chi connectivity index (χ0v) is 16.4. The number of rotatable bonds is 8. The van der Waals surface area contributed by atoms with Gasteiger partial charge in [-0.3, -0.25) is 0 Å². The summed E-state index contributed by atoms with van der Waals surface area (Å²) < 4.78 is 27.4. The SMILES string of the molecule is CC(C)CNC(=O)Nc1ccc(S(=O)(=O)NCCC2=CCCCC2)cc1. The van der Waals surface area contributed by atoms with Crippen LogP contribution in [-0.2, 0) is 10.0 Å².